The van der Waals surface area contributed by atoms with E-state index < -0.39 is 16.4 Å². The summed E-state index contributed by atoms with van der Waals surface area (Å²) in [5, 5.41) is 0. The highest BCUT2D eigenvalue weighted by Crippen LogP contribution is 2.45. The Balaban J connectivity index is 3.21. The normalized spacial score (nSPS) is 23.2. The van der Waals surface area contributed by atoms with E-state index in [9.17, 15) is 0 Å². The SMILES string of the molecule is CO[Si]1(OC)CCC(CC(C)C)(CC(C)C)O[Si]1(OC)OC. The molecule has 0 amide bonds. The zero-order valence-electron chi connectivity index (χ0n) is 15.5. The molecule has 0 bridgehead atoms. The summed E-state index contributed by atoms with van der Waals surface area (Å²) in [4.78, 5) is 0. The lowest BCUT2D eigenvalue weighted by Crippen LogP contribution is -2.76. The maximum atomic E-state index is 6.69. The first-order valence-electron chi connectivity index (χ1n) is 8.15. The summed E-state index contributed by atoms with van der Waals surface area (Å²) in [6, 6.07) is 0.855. The van der Waals surface area contributed by atoms with E-state index in [-0.39, 0.29) is 5.60 Å². The average Bonchev–Trinajstić information content (AvgIpc) is 2.45. The smallest absolute Gasteiger partial charge is 0.395 e. The number of hydrogen-bond donors (Lipinski definition) is 0. The van der Waals surface area contributed by atoms with Crippen LogP contribution in [-0.4, -0.2) is 50.4 Å². The lowest BCUT2D eigenvalue weighted by molar-refractivity contribution is -0.0540. The van der Waals surface area contributed by atoms with Gasteiger partial charge in [0.15, 0.2) is 0 Å². The van der Waals surface area contributed by atoms with E-state index >= 15 is 0 Å². The van der Waals surface area contributed by atoms with Crippen molar-refractivity contribution in [3.63, 3.8) is 0 Å². The maximum absolute atomic E-state index is 6.69. The van der Waals surface area contributed by atoms with Crippen molar-refractivity contribution in [2.45, 2.75) is 58.6 Å². The third kappa shape index (κ3) is 3.83. The molecule has 0 saturated carbocycles. The van der Waals surface area contributed by atoms with Gasteiger partial charge in [0.1, 0.15) is 0 Å². The molecular formula is C15H34O5Si2. The summed E-state index contributed by atoms with van der Waals surface area (Å²) in [5.41, 5.74) is -0.200. The molecule has 1 saturated heterocycles. The van der Waals surface area contributed by atoms with Crippen molar-refractivity contribution in [3.05, 3.63) is 0 Å². The van der Waals surface area contributed by atoms with Crippen molar-refractivity contribution in [1.82, 2.24) is 0 Å². The van der Waals surface area contributed by atoms with Crippen molar-refractivity contribution in [1.29, 1.82) is 0 Å². The van der Waals surface area contributed by atoms with Crippen LogP contribution in [0.1, 0.15) is 47.0 Å². The number of rotatable bonds is 8. The number of hydrogen-bond acceptors (Lipinski definition) is 5. The highest BCUT2D eigenvalue weighted by molar-refractivity contribution is 7.29. The van der Waals surface area contributed by atoms with Gasteiger partial charge in [-0.25, -0.2) is 0 Å². The Morgan fingerprint density at radius 2 is 1.32 bits per heavy atom. The van der Waals surface area contributed by atoms with Crippen LogP contribution in [0.4, 0.5) is 0 Å². The molecule has 0 spiro atoms. The lowest BCUT2D eigenvalue weighted by Gasteiger charge is -2.51. The van der Waals surface area contributed by atoms with Gasteiger partial charge >= 0.3 is 16.4 Å². The minimum absolute atomic E-state index is 0.200. The maximum Gasteiger partial charge on any atom is 0.539 e. The highest BCUT2D eigenvalue weighted by Gasteiger charge is 2.72. The van der Waals surface area contributed by atoms with Crippen LogP contribution in [0.5, 0.6) is 0 Å². The lowest BCUT2D eigenvalue weighted by atomic mass is 9.83. The van der Waals surface area contributed by atoms with E-state index in [4.69, 9.17) is 22.1 Å². The Morgan fingerprint density at radius 3 is 1.64 bits per heavy atom. The second-order valence-electron chi connectivity index (χ2n) is 7.11. The van der Waals surface area contributed by atoms with Crippen LogP contribution in [0.15, 0.2) is 0 Å². The minimum atomic E-state index is -2.98. The van der Waals surface area contributed by atoms with Gasteiger partial charge in [-0.1, -0.05) is 27.7 Å². The molecule has 1 rings (SSSR count). The molecule has 1 fully saturated rings. The van der Waals surface area contributed by atoms with Crippen LogP contribution in [0.3, 0.4) is 0 Å². The highest BCUT2D eigenvalue weighted by atomic mass is 29.3. The summed E-state index contributed by atoms with van der Waals surface area (Å²) in [7, 11) is 1.09. The Labute approximate surface area is 138 Å². The van der Waals surface area contributed by atoms with Crippen molar-refractivity contribution < 1.29 is 22.1 Å². The monoisotopic (exact) mass is 350 g/mol. The second-order valence-corrected chi connectivity index (χ2v) is 16.2. The molecule has 0 aromatic rings. The quantitative estimate of drug-likeness (QED) is 0.629. The summed E-state index contributed by atoms with van der Waals surface area (Å²) >= 11 is 0. The van der Waals surface area contributed by atoms with Crippen LogP contribution in [0.25, 0.3) is 0 Å². The summed E-state index contributed by atoms with van der Waals surface area (Å²) in [6.45, 7) is 8.95. The predicted octanol–water partition coefficient (Wildman–Crippen LogP) is 3.28. The molecule has 0 aromatic heterocycles. The van der Waals surface area contributed by atoms with E-state index in [0.29, 0.717) is 11.8 Å². The molecule has 0 N–H and O–H groups in total. The minimum Gasteiger partial charge on any atom is -0.395 e. The predicted molar refractivity (Wildman–Crippen MR) is 91.7 cm³/mol. The fraction of sp³-hybridized carbons (Fsp3) is 1.00. The summed E-state index contributed by atoms with van der Waals surface area (Å²) < 4.78 is 30.1. The first kappa shape index (κ1) is 20.3. The van der Waals surface area contributed by atoms with Crippen LogP contribution in [0.2, 0.25) is 6.04 Å². The van der Waals surface area contributed by atoms with Gasteiger partial charge in [-0.15, -0.1) is 0 Å². The third-order valence-electron chi connectivity index (χ3n) is 4.48. The Morgan fingerprint density at radius 1 is 0.864 bits per heavy atom. The van der Waals surface area contributed by atoms with Gasteiger partial charge in [-0.05, 0) is 37.1 Å². The fourth-order valence-corrected chi connectivity index (χ4v) is 13.7. The van der Waals surface area contributed by atoms with Gasteiger partial charge in [-0.2, -0.15) is 0 Å². The van der Waals surface area contributed by atoms with Crippen molar-refractivity contribution in [2.75, 3.05) is 28.4 Å². The summed E-state index contributed by atoms with van der Waals surface area (Å²) in [6.07, 6.45) is 2.95. The first-order chi connectivity index (χ1) is 10.2. The molecule has 1 aliphatic heterocycles. The second kappa shape index (κ2) is 7.87. The van der Waals surface area contributed by atoms with E-state index in [1.54, 1.807) is 28.4 Å². The molecule has 132 valence electrons. The standard InChI is InChI=1S/C15H34O5Si2/c1-13(2)11-15(12-14(3)4)9-10-21(16-5,17-6)22(18-7,19-8)20-15/h13-14H,9-12H2,1-8H3. The molecule has 0 aromatic carbocycles. The third-order valence-corrected chi connectivity index (χ3v) is 15.7. The summed E-state index contributed by atoms with van der Waals surface area (Å²) in [5.74, 6) is 1.11. The van der Waals surface area contributed by atoms with Crippen LogP contribution >= 0.6 is 0 Å². The van der Waals surface area contributed by atoms with Gasteiger partial charge in [0, 0.05) is 28.4 Å². The van der Waals surface area contributed by atoms with Crippen LogP contribution in [-0.2, 0) is 22.1 Å². The topological polar surface area (TPSA) is 46.2 Å². The molecule has 0 radical (unpaired) electrons. The van der Waals surface area contributed by atoms with Crippen LogP contribution in [0, 0.1) is 11.8 Å². The molecule has 0 unspecified atom stereocenters. The van der Waals surface area contributed by atoms with Crippen molar-refractivity contribution in [2.24, 2.45) is 11.8 Å². The molecule has 1 heterocycles. The van der Waals surface area contributed by atoms with Gasteiger partial charge in [0.05, 0.1) is 5.60 Å². The Kier molecular flexibility index (Phi) is 7.26. The average molecular weight is 351 g/mol. The van der Waals surface area contributed by atoms with E-state index in [1.807, 2.05) is 0 Å². The van der Waals surface area contributed by atoms with Gasteiger partial charge in [0.25, 0.3) is 0 Å². The first-order valence-corrected chi connectivity index (χ1v) is 12.9. The molecule has 7 heteroatoms. The largest absolute Gasteiger partial charge is 0.539 e. The molecule has 5 nitrogen and oxygen atoms in total. The molecule has 0 aliphatic carbocycles. The van der Waals surface area contributed by atoms with Crippen molar-refractivity contribution in [3.8, 4) is 0 Å². The van der Waals surface area contributed by atoms with E-state index in [0.717, 1.165) is 25.3 Å². The van der Waals surface area contributed by atoms with Gasteiger partial charge in [0.2, 0.25) is 0 Å². The fourth-order valence-electron chi connectivity index (χ4n) is 3.83. The molecule has 22 heavy (non-hydrogen) atoms. The molecular weight excluding hydrogens is 316 g/mol. The van der Waals surface area contributed by atoms with E-state index in [2.05, 4.69) is 27.7 Å². The van der Waals surface area contributed by atoms with E-state index in [1.165, 1.54) is 0 Å². The zero-order chi connectivity index (χ0) is 17.0. The van der Waals surface area contributed by atoms with Gasteiger partial charge < -0.3 is 22.1 Å². The Hall–Kier alpha value is 0.234. The molecule has 0 atom stereocenters. The Bertz CT molecular complexity index is 331. The van der Waals surface area contributed by atoms with Crippen molar-refractivity contribution >= 4 is 16.4 Å². The molecule has 1 aliphatic rings. The van der Waals surface area contributed by atoms with Crippen LogP contribution < -0.4 is 0 Å². The van der Waals surface area contributed by atoms with Gasteiger partial charge in [-0.3, -0.25) is 0 Å². The zero-order valence-corrected chi connectivity index (χ0v) is 17.5.